The van der Waals surface area contributed by atoms with Crippen LogP contribution in [0.1, 0.15) is 46.0 Å². The molecule has 2 aliphatic heterocycles. The lowest BCUT2D eigenvalue weighted by atomic mass is 9.87. The van der Waals surface area contributed by atoms with E-state index in [1.165, 1.54) is 83.7 Å². The number of halogens is 1. The third-order valence-electron chi connectivity index (χ3n) is 6.62. The molecule has 2 saturated heterocycles. The highest BCUT2D eigenvalue weighted by Gasteiger charge is 2.38. The van der Waals surface area contributed by atoms with Crippen LogP contribution >= 0.6 is 35.7 Å². The van der Waals surface area contributed by atoms with Gasteiger partial charge in [-0.3, -0.25) is 4.99 Å². The number of rotatable bonds is 5. The van der Waals surface area contributed by atoms with Crippen molar-refractivity contribution in [2.75, 3.05) is 71.7 Å². The SMILES string of the molecule is CCN1CCN(CC(C)CNC(=NC)N2CCSC3(CCCCC3)C2)CC1.I. The number of nitrogens with one attached hydrogen (secondary N) is 1. The molecule has 0 bridgehead atoms. The Morgan fingerprint density at radius 3 is 2.39 bits per heavy atom. The molecule has 1 N–H and O–H groups in total. The summed E-state index contributed by atoms with van der Waals surface area (Å²) in [6.45, 7) is 15.3. The third kappa shape index (κ3) is 6.91. The van der Waals surface area contributed by atoms with Crippen LogP contribution < -0.4 is 5.32 Å². The van der Waals surface area contributed by atoms with Crippen molar-refractivity contribution >= 4 is 41.7 Å². The summed E-state index contributed by atoms with van der Waals surface area (Å²) in [6.07, 6.45) is 7.04. The predicted molar refractivity (Wildman–Crippen MR) is 134 cm³/mol. The van der Waals surface area contributed by atoms with Gasteiger partial charge in [0.25, 0.3) is 0 Å². The molecule has 0 aromatic carbocycles. The van der Waals surface area contributed by atoms with Crippen LogP contribution in [0.15, 0.2) is 4.99 Å². The van der Waals surface area contributed by atoms with E-state index in [0.717, 1.165) is 19.0 Å². The summed E-state index contributed by atoms with van der Waals surface area (Å²) in [7, 11) is 1.95. The maximum absolute atomic E-state index is 4.63. The Morgan fingerprint density at radius 1 is 1.07 bits per heavy atom. The van der Waals surface area contributed by atoms with E-state index in [-0.39, 0.29) is 24.0 Å². The van der Waals surface area contributed by atoms with Gasteiger partial charge in [-0.15, -0.1) is 24.0 Å². The molecule has 0 amide bonds. The van der Waals surface area contributed by atoms with Gasteiger partial charge >= 0.3 is 0 Å². The van der Waals surface area contributed by atoms with E-state index in [9.17, 15) is 0 Å². The monoisotopic (exact) mass is 523 g/mol. The zero-order chi connectivity index (χ0) is 19.1. The van der Waals surface area contributed by atoms with Crippen molar-refractivity contribution in [3.05, 3.63) is 0 Å². The van der Waals surface area contributed by atoms with E-state index in [2.05, 4.69) is 50.6 Å². The van der Waals surface area contributed by atoms with Crippen LogP contribution in [-0.2, 0) is 0 Å². The van der Waals surface area contributed by atoms with Gasteiger partial charge in [-0.1, -0.05) is 33.1 Å². The van der Waals surface area contributed by atoms with Crippen molar-refractivity contribution in [2.45, 2.75) is 50.7 Å². The molecule has 0 aromatic heterocycles. The minimum Gasteiger partial charge on any atom is -0.356 e. The molecular formula is C21H42IN5S. The second-order valence-corrected chi connectivity index (χ2v) is 10.3. The highest BCUT2D eigenvalue weighted by molar-refractivity contribution is 14.0. The lowest BCUT2D eigenvalue weighted by Crippen LogP contribution is -2.54. The van der Waals surface area contributed by atoms with Gasteiger partial charge in [-0.2, -0.15) is 11.8 Å². The molecule has 1 aliphatic carbocycles. The second kappa shape index (κ2) is 12.2. The van der Waals surface area contributed by atoms with Gasteiger partial charge in [0.05, 0.1) is 0 Å². The van der Waals surface area contributed by atoms with Crippen LogP contribution in [0, 0.1) is 5.92 Å². The lowest BCUT2D eigenvalue weighted by molar-refractivity contribution is 0.124. The van der Waals surface area contributed by atoms with Crippen molar-refractivity contribution < 1.29 is 0 Å². The van der Waals surface area contributed by atoms with Crippen LogP contribution in [0.5, 0.6) is 0 Å². The standard InChI is InChI=1S/C21H41N5S.HI/c1-4-24-10-12-25(13-11-24)17-19(2)16-23-20(22-3)26-14-15-27-21(18-26)8-6-5-7-9-21;/h19H,4-18H2,1-3H3,(H,22,23);1H. The quantitative estimate of drug-likeness (QED) is 0.340. The largest absolute Gasteiger partial charge is 0.356 e. The normalized spacial score (nSPS) is 25.4. The first-order valence-corrected chi connectivity index (χ1v) is 12.2. The fourth-order valence-electron chi connectivity index (χ4n) is 4.92. The molecule has 3 aliphatic rings. The molecule has 3 fully saturated rings. The second-order valence-electron chi connectivity index (χ2n) is 8.78. The summed E-state index contributed by atoms with van der Waals surface area (Å²) in [5.41, 5.74) is 0. The lowest BCUT2D eigenvalue weighted by Gasteiger charge is -2.45. The Bertz CT molecular complexity index is 470. The van der Waals surface area contributed by atoms with E-state index >= 15 is 0 Å². The Kier molecular flexibility index (Phi) is 10.7. The number of aliphatic imine (C=N–C) groups is 1. The molecule has 0 aromatic rings. The maximum atomic E-state index is 4.63. The predicted octanol–water partition coefficient (Wildman–Crippen LogP) is 3.21. The van der Waals surface area contributed by atoms with Crippen molar-refractivity contribution in [3.8, 4) is 0 Å². The molecule has 3 rings (SSSR count). The molecule has 0 radical (unpaired) electrons. The molecular weight excluding hydrogens is 481 g/mol. The molecule has 5 nitrogen and oxygen atoms in total. The van der Waals surface area contributed by atoms with Gasteiger partial charge in [-0.05, 0) is 25.3 Å². The number of guanidine groups is 1. The maximum Gasteiger partial charge on any atom is 0.193 e. The number of piperazine rings is 1. The molecule has 1 spiro atoms. The first kappa shape index (κ1) is 24.5. The zero-order valence-electron chi connectivity index (χ0n) is 18.3. The summed E-state index contributed by atoms with van der Waals surface area (Å²) >= 11 is 2.23. The van der Waals surface area contributed by atoms with Crippen LogP contribution in [0.3, 0.4) is 0 Å². The van der Waals surface area contributed by atoms with E-state index in [4.69, 9.17) is 0 Å². The highest BCUT2D eigenvalue weighted by Crippen LogP contribution is 2.42. The van der Waals surface area contributed by atoms with Crippen LogP contribution in [0.25, 0.3) is 0 Å². The van der Waals surface area contributed by atoms with Gasteiger partial charge in [0, 0.05) is 69.9 Å². The summed E-state index contributed by atoms with van der Waals surface area (Å²) in [5.74, 6) is 3.03. The van der Waals surface area contributed by atoms with Crippen LogP contribution in [0.2, 0.25) is 0 Å². The Balaban J connectivity index is 0.00000280. The van der Waals surface area contributed by atoms with E-state index in [0.29, 0.717) is 10.7 Å². The highest BCUT2D eigenvalue weighted by atomic mass is 127. The summed E-state index contributed by atoms with van der Waals surface area (Å²) < 4.78 is 0.499. The van der Waals surface area contributed by atoms with E-state index in [1.807, 2.05) is 7.05 Å². The molecule has 1 atom stereocenters. The first-order valence-electron chi connectivity index (χ1n) is 11.2. The molecule has 7 heteroatoms. The van der Waals surface area contributed by atoms with Crippen LogP contribution in [-0.4, -0.2) is 97.1 Å². The van der Waals surface area contributed by atoms with Crippen molar-refractivity contribution in [1.82, 2.24) is 20.0 Å². The van der Waals surface area contributed by atoms with E-state index < -0.39 is 0 Å². The Morgan fingerprint density at radius 2 is 1.75 bits per heavy atom. The smallest absolute Gasteiger partial charge is 0.193 e. The average Bonchev–Trinajstić information content (AvgIpc) is 2.70. The van der Waals surface area contributed by atoms with Gasteiger partial charge in [0.15, 0.2) is 5.96 Å². The van der Waals surface area contributed by atoms with Crippen LogP contribution in [0.4, 0.5) is 0 Å². The van der Waals surface area contributed by atoms with Crippen molar-refractivity contribution in [1.29, 1.82) is 0 Å². The molecule has 2 heterocycles. The van der Waals surface area contributed by atoms with Gasteiger partial charge in [-0.25, -0.2) is 0 Å². The summed E-state index contributed by atoms with van der Waals surface area (Å²) in [4.78, 5) is 12.4. The van der Waals surface area contributed by atoms with Gasteiger partial charge < -0.3 is 20.0 Å². The Labute approximate surface area is 194 Å². The van der Waals surface area contributed by atoms with E-state index in [1.54, 1.807) is 0 Å². The molecule has 28 heavy (non-hydrogen) atoms. The number of thioether (sulfide) groups is 1. The van der Waals surface area contributed by atoms with Gasteiger partial charge in [0.2, 0.25) is 0 Å². The average molecular weight is 524 g/mol. The minimum atomic E-state index is 0. The fourth-order valence-corrected chi connectivity index (χ4v) is 6.48. The van der Waals surface area contributed by atoms with Crippen molar-refractivity contribution in [2.24, 2.45) is 10.9 Å². The fraction of sp³-hybridized carbons (Fsp3) is 0.952. The zero-order valence-corrected chi connectivity index (χ0v) is 21.4. The Hall–Kier alpha value is 0.270. The third-order valence-corrected chi connectivity index (χ3v) is 8.15. The molecule has 1 unspecified atom stereocenters. The first-order chi connectivity index (χ1) is 13.1. The number of hydrogen-bond donors (Lipinski definition) is 1. The summed E-state index contributed by atoms with van der Waals surface area (Å²) in [6, 6.07) is 0. The molecule has 164 valence electrons. The van der Waals surface area contributed by atoms with Gasteiger partial charge in [0.1, 0.15) is 0 Å². The topological polar surface area (TPSA) is 34.1 Å². The number of hydrogen-bond acceptors (Lipinski definition) is 4. The number of likely N-dealkylation sites (N-methyl/N-ethyl adjacent to an activating group) is 1. The van der Waals surface area contributed by atoms with Crippen molar-refractivity contribution in [3.63, 3.8) is 0 Å². The molecule has 1 saturated carbocycles. The number of nitrogens with zero attached hydrogens (tertiary/aromatic N) is 4. The summed E-state index contributed by atoms with van der Waals surface area (Å²) in [5, 5.41) is 3.70. The minimum absolute atomic E-state index is 0.